The van der Waals surface area contributed by atoms with E-state index in [0.717, 1.165) is 16.3 Å². The van der Waals surface area contributed by atoms with E-state index >= 15 is 0 Å². The lowest BCUT2D eigenvalue weighted by Gasteiger charge is -2.06. The normalized spacial score (nSPS) is 10.5. The molecule has 1 amide bonds. The maximum absolute atomic E-state index is 11.4. The zero-order valence-corrected chi connectivity index (χ0v) is 15.4. The predicted octanol–water partition coefficient (Wildman–Crippen LogP) is 4.48. The lowest BCUT2D eigenvalue weighted by atomic mass is 10.3. The number of benzene rings is 1. The average molecular weight is 394 g/mol. The SMILES string of the molecule is Cc1nc(NC(=O)CCl)sc1-c1ccnc(Nc2cccc(Cl)c2)n1. The van der Waals surface area contributed by atoms with Crippen LogP contribution in [0.5, 0.6) is 0 Å². The second-order valence-corrected chi connectivity index (χ2v) is 6.72. The Kier molecular flexibility index (Phi) is 5.47. The molecule has 0 spiro atoms. The van der Waals surface area contributed by atoms with Gasteiger partial charge in [0.1, 0.15) is 5.88 Å². The molecule has 2 N–H and O–H groups in total. The highest BCUT2D eigenvalue weighted by molar-refractivity contribution is 7.19. The maximum Gasteiger partial charge on any atom is 0.241 e. The summed E-state index contributed by atoms with van der Waals surface area (Å²) in [6, 6.07) is 9.08. The Morgan fingerprint density at radius 2 is 2.12 bits per heavy atom. The molecule has 0 radical (unpaired) electrons. The molecule has 3 rings (SSSR count). The van der Waals surface area contributed by atoms with E-state index in [2.05, 4.69) is 25.6 Å². The fraction of sp³-hybridized carbons (Fsp3) is 0.125. The molecule has 1 aromatic carbocycles. The zero-order valence-electron chi connectivity index (χ0n) is 13.1. The molecule has 9 heteroatoms. The van der Waals surface area contributed by atoms with Gasteiger partial charge >= 0.3 is 0 Å². The summed E-state index contributed by atoms with van der Waals surface area (Å²) >= 11 is 12.8. The second kappa shape index (κ2) is 7.77. The quantitative estimate of drug-likeness (QED) is 0.624. The summed E-state index contributed by atoms with van der Waals surface area (Å²) in [5.74, 6) is 0.0294. The van der Waals surface area contributed by atoms with Crippen molar-refractivity contribution < 1.29 is 4.79 Å². The number of thiazole rings is 1. The number of hydrogen-bond donors (Lipinski definition) is 2. The Morgan fingerprint density at radius 1 is 1.28 bits per heavy atom. The molecule has 25 heavy (non-hydrogen) atoms. The molecule has 0 aliphatic rings. The van der Waals surface area contributed by atoms with Crippen LogP contribution in [0.15, 0.2) is 36.5 Å². The van der Waals surface area contributed by atoms with Crippen molar-refractivity contribution >= 4 is 57.2 Å². The van der Waals surface area contributed by atoms with Crippen LogP contribution in [-0.4, -0.2) is 26.7 Å². The van der Waals surface area contributed by atoms with E-state index in [4.69, 9.17) is 23.2 Å². The number of carbonyl (C=O) groups is 1. The van der Waals surface area contributed by atoms with E-state index in [9.17, 15) is 4.79 Å². The summed E-state index contributed by atoms with van der Waals surface area (Å²) in [6.07, 6.45) is 1.66. The number of anilines is 3. The van der Waals surface area contributed by atoms with Crippen LogP contribution < -0.4 is 10.6 Å². The highest BCUT2D eigenvalue weighted by Gasteiger charge is 2.13. The van der Waals surface area contributed by atoms with Crippen LogP contribution in [0.2, 0.25) is 5.02 Å². The first kappa shape index (κ1) is 17.6. The van der Waals surface area contributed by atoms with Crippen molar-refractivity contribution in [3.8, 4) is 10.6 Å². The van der Waals surface area contributed by atoms with E-state index in [1.165, 1.54) is 11.3 Å². The van der Waals surface area contributed by atoms with Crippen LogP contribution in [0.25, 0.3) is 10.6 Å². The Balaban J connectivity index is 1.85. The van der Waals surface area contributed by atoms with Gasteiger partial charge in [0.05, 0.1) is 16.3 Å². The van der Waals surface area contributed by atoms with Crippen molar-refractivity contribution in [1.82, 2.24) is 15.0 Å². The number of rotatable bonds is 5. The minimum atomic E-state index is -0.298. The number of halogens is 2. The van der Waals surface area contributed by atoms with Gasteiger partial charge < -0.3 is 10.6 Å². The summed E-state index contributed by atoms with van der Waals surface area (Å²) in [5, 5.41) is 6.87. The summed E-state index contributed by atoms with van der Waals surface area (Å²) in [4.78, 5) is 25.3. The monoisotopic (exact) mass is 393 g/mol. The number of nitrogens with one attached hydrogen (secondary N) is 2. The second-order valence-electron chi connectivity index (χ2n) is 5.02. The zero-order chi connectivity index (χ0) is 17.8. The molecule has 128 valence electrons. The largest absolute Gasteiger partial charge is 0.324 e. The van der Waals surface area contributed by atoms with Crippen LogP contribution in [0.3, 0.4) is 0 Å². The standard InChI is InChI=1S/C16H13Cl2N5OS/c1-9-14(25-16(20-9)23-13(24)8-17)12-5-6-19-15(22-12)21-11-4-2-3-10(18)7-11/h2-7H,8H2,1H3,(H,19,21,22)(H,20,23,24). The third-order valence-electron chi connectivity index (χ3n) is 3.13. The van der Waals surface area contributed by atoms with Crippen LogP contribution in [-0.2, 0) is 4.79 Å². The Labute approximate surface area is 158 Å². The number of nitrogens with zero attached hydrogens (tertiary/aromatic N) is 3. The first-order valence-corrected chi connectivity index (χ1v) is 8.97. The van der Waals surface area contributed by atoms with Gasteiger partial charge in [-0.3, -0.25) is 4.79 Å². The minimum absolute atomic E-state index is 0.116. The summed E-state index contributed by atoms with van der Waals surface area (Å²) in [5.41, 5.74) is 2.27. The van der Waals surface area contributed by atoms with Crippen molar-refractivity contribution in [3.05, 3.63) is 47.2 Å². The average Bonchev–Trinajstić information content (AvgIpc) is 2.95. The van der Waals surface area contributed by atoms with Crippen molar-refractivity contribution in [3.63, 3.8) is 0 Å². The number of amides is 1. The van der Waals surface area contributed by atoms with Crippen LogP contribution >= 0.6 is 34.5 Å². The maximum atomic E-state index is 11.4. The highest BCUT2D eigenvalue weighted by atomic mass is 35.5. The van der Waals surface area contributed by atoms with Gasteiger partial charge in [-0.15, -0.1) is 11.6 Å². The molecule has 0 aliphatic carbocycles. The third-order valence-corrected chi connectivity index (χ3v) is 4.71. The van der Waals surface area contributed by atoms with Gasteiger partial charge in [0, 0.05) is 16.9 Å². The predicted molar refractivity (Wildman–Crippen MR) is 102 cm³/mol. The van der Waals surface area contributed by atoms with Gasteiger partial charge in [0.2, 0.25) is 11.9 Å². The number of aryl methyl sites for hydroxylation is 1. The van der Waals surface area contributed by atoms with Crippen LogP contribution in [0.4, 0.5) is 16.8 Å². The van der Waals surface area contributed by atoms with Gasteiger partial charge in [0.15, 0.2) is 5.13 Å². The third kappa shape index (κ3) is 4.45. The molecule has 6 nitrogen and oxygen atoms in total. The van der Waals surface area contributed by atoms with Gasteiger partial charge in [-0.2, -0.15) is 0 Å². The number of alkyl halides is 1. The molecule has 0 bridgehead atoms. The topological polar surface area (TPSA) is 79.8 Å². The van der Waals surface area contributed by atoms with E-state index < -0.39 is 0 Å². The summed E-state index contributed by atoms with van der Waals surface area (Å²) in [7, 11) is 0. The first-order valence-electron chi connectivity index (χ1n) is 7.24. The van der Waals surface area contributed by atoms with Crippen molar-refractivity contribution in [1.29, 1.82) is 0 Å². The molecular weight excluding hydrogens is 381 g/mol. The molecule has 0 aliphatic heterocycles. The lowest BCUT2D eigenvalue weighted by Crippen LogP contribution is -2.12. The fourth-order valence-electron chi connectivity index (χ4n) is 2.08. The van der Waals surface area contributed by atoms with Gasteiger partial charge in [-0.05, 0) is 31.2 Å². The Bertz CT molecular complexity index is 915. The van der Waals surface area contributed by atoms with E-state index in [-0.39, 0.29) is 11.8 Å². The number of aromatic nitrogens is 3. The fourth-order valence-corrected chi connectivity index (χ4v) is 3.29. The van der Waals surface area contributed by atoms with E-state index in [1.807, 2.05) is 19.1 Å². The Hall–Kier alpha value is -2.22. The minimum Gasteiger partial charge on any atom is -0.324 e. The van der Waals surface area contributed by atoms with Gasteiger partial charge in [-0.1, -0.05) is 29.0 Å². The summed E-state index contributed by atoms with van der Waals surface area (Å²) in [6.45, 7) is 1.86. The smallest absolute Gasteiger partial charge is 0.241 e. The Morgan fingerprint density at radius 3 is 2.88 bits per heavy atom. The number of carbonyl (C=O) groups excluding carboxylic acids is 1. The number of hydrogen-bond acceptors (Lipinski definition) is 6. The molecule has 2 heterocycles. The molecule has 0 saturated heterocycles. The van der Waals surface area contributed by atoms with E-state index in [1.54, 1.807) is 24.4 Å². The van der Waals surface area contributed by atoms with Crippen LogP contribution in [0, 0.1) is 6.92 Å². The highest BCUT2D eigenvalue weighted by Crippen LogP contribution is 2.32. The molecule has 0 atom stereocenters. The van der Waals surface area contributed by atoms with Gasteiger partial charge in [-0.25, -0.2) is 15.0 Å². The van der Waals surface area contributed by atoms with Crippen molar-refractivity contribution in [2.24, 2.45) is 0 Å². The first-order chi connectivity index (χ1) is 12.0. The van der Waals surface area contributed by atoms with Crippen LogP contribution in [0.1, 0.15) is 5.69 Å². The molecule has 3 aromatic rings. The van der Waals surface area contributed by atoms with Crippen molar-refractivity contribution in [2.75, 3.05) is 16.5 Å². The van der Waals surface area contributed by atoms with Crippen molar-refractivity contribution in [2.45, 2.75) is 6.92 Å². The molecule has 0 unspecified atom stereocenters. The molecule has 0 fully saturated rings. The molecule has 2 aromatic heterocycles. The van der Waals surface area contributed by atoms with Gasteiger partial charge in [0.25, 0.3) is 0 Å². The summed E-state index contributed by atoms with van der Waals surface area (Å²) < 4.78 is 0. The lowest BCUT2D eigenvalue weighted by molar-refractivity contribution is -0.113. The molecule has 0 saturated carbocycles. The van der Waals surface area contributed by atoms with E-state index in [0.29, 0.717) is 21.8 Å². The molecular formula is C16H13Cl2N5OS.